The molecule has 1 saturated heterocycles. The van der Waals surface area contributed by atoms with Gasteiger partial charge in [0, 0.05) is 24.3 Å². The molecule has 1 aliphatic rings. The molecule has 6 nitrogen and oxygen atoms in total. The predicted octanol–water partition coefficient (Wildman–Crippen LogP) is 2.76. The normalized spacial score (nSPS) is 18.2. The average molecular weight is 323 g/mol. The average Bonchev–Trinajstić information content (AvgIpc) is 3.25. The molecule has 1 N–H and O–H groups in total. The predicted molar refractivity (Wildman–Crippen MR) is 91.7 cm³/mol. The number of fused-ring (bicyclic) bond motifs is 1. The van der Waals surface area contributed by atoms with Gasteiger partial charge >= 0.3 is 0 Å². The van der Waals surface area contributed by atoms with Crippen LogP contribution in [-0.2, 0) is 6.54 Å². The van der Waals surface area contributed by atoms with Crippen LogP contribution in [0.15, 0.2) is 36.8 Å². The van der Waals surface area contributed by atoms with Gasteiger partial charge in [-0.1, -0.05) is 0 Å². The molecule has 6 heteroatoms. The van der Waals surface area contributed by atoms with Gasteiger partial charge in [-0.2, -0.15) is 10.2 Å². The number of carbonyl (C=O) groups is 1. The summed E-state index contributed by atoms with van der Waals surface area (Å²) in [5, 5.41) is 12.4. The van der Waals surface area contributed by atoms with E-state index in [1.54, 1.807) is 12.4 Å². The number of piperidine rings is 1. The van der Waals surface area contributed by atoms with Crippen LogP contribution in [0.4, 0.5) is 0 Å². The van der Waals surface area contributed by atoms with E-state index in [0.29, 0.717) is 0 Å². The van der Waals surface area contributed by atoms with Crippen LogP contribution in [0.5, 0.6) is 0 Å². The summed E-state index contributed by atoms with van der Waals surface area (Å²) in [6, 6.07) is 6.11. The van der Waals surface area contributed by atoms with E-state index in [2.05, 4.69) is 15.3 Å². The quantitative estimate of drug-likeness (QED) is 0.806. The highest BCUT2D eigenvalue weighted by atomic mass is 16.2. The summed E-state index contributed by atoms with van der Waals surface area (Å²) in [6.07, 6.45) is 8.74. The zero-order valence-corrected chi connectivity index (χ0v) is 13.8. The van der Waals surface area contributed by atoms with Gasteiger partial charge in [0.2, 0.25) is 0 Å². The van der Waals surface area contributed by atoms with Gasteiger partial charge < -0.3 is 4.90 Å². The van der Waals surface area contributed by atoms with E-state index >= 15 is 0 Å². The molecule has 4 rings (SSSR count). The second-order valence-corrected chi connectivity index (χ2v) is 6.52. The number of aromatic nitrogens is 4. The molecule has 1 atom stereocenters. The van der Waals surface area contributed by atoms with Crippen LogP contribution >= 0.6 is 0 Å². The number of nitrogens with zero attached hydrogens (tertiary/aromatic N) is 4. The highest BCUT2D eigenvalue weighted by Gasteiger charge is 2.29. The van der Waals surface area contributed by atoms with Crippen molar-refractivity contribution in [2.24, 2.45) is 0 Å². The number of amides is 1. The van der Waals surface area contributed by atoms with Gasteiger partial charge in [-0.05, 0) is 49.9 Å². The summed E-state index contributed by atoms with van der Waals surface area (Å²) in [5.41, 5.74) is 2.62. The van der Waals surface area contributed by atoms with Crippen LogP contribution < -0.4 is 0 Å². The molecule has 24 heavy (non-hydrogen) atoms. The summed E-state index contributed by atoms with van der Waals surface area (Å²) in [6.45, 7) is 3.56. The molecule has 0 bridgehead atoms. The van der Waals surface area contributed by atoms with Crippen molar-refractivity contribution in [1.29, 1.82) is 0 Å². The first-order chi connectivity index (χ1) is 11.7. The third-order valence-electron chi connectivity index (χ3n) is 4.77. The number of H-pyrrole nitrogens is 1. The molecule has 124 valence electrons. The van der Waals surface area contributed by atoms with Crippen molar-refractivity contribution < 1.29 is 4.79 Å². The van der Waals surface area contributed by atoms with Crippen molar-refractivity contribution in [3.8, 4) is 0 Å². The van der Waals surface area contributed by atoms with Crippen LogP contribution in [0.3, 0.4) is 0 Å². The number of aryl methyl sites for hydroxylation is 1. The van der Waals surface area contributed by atoms with E-state index in [1.807, 2.05) is 40.9 Å². The van der Waals surface area contributed by atoms with Gasteiger partial charge in [0.05, 0.1) is 29.9 Å². The Hall–Kier alpha value is -2.63. The minimum Gasteiger partial charge on any atom is -0.334 e. The summed E-state index contributed by atoms with van der Waals surface area (Å²) < 4.78 is 1.91. The highest BCUT2D eigenvalue weighted by molar-refractivity contribution is 6.05. The maximum atomic E-state index is 13.3. The van der Waals surface area contributed by atoms with Gasteiger partial charge in [0.25, 0.3) is 5.91 Å². The number of hydrogen-bond acceptors (Lipinski definition) is 3. The number of hydrogen-bond donors (Lipinski definition) is 1. The van der Waals surface area contributed by atoms with Crippen LogP contribution in [0.2, 0.25) is 0 Å². The molecule has 3 aromatic rings. The van der Waals surface area contributed by atoms with Crippen molar-refractivity contribution >= 4 is 16.8 Å². The molecule has 0 aliphatic carbocycles. The lowest BCUT2D eigenvalue weighted by Gasteiger charge is -2.36. The highest BCUT2D eigenvalue weighted by Crippen LogP contribution is 2.25. The van der Waals surface area contributed by atoms with Crippen molar-refractivity contribution in [2.45, 2.75) is 38.8 Å². The third-order valence-corrected chi connectivity index (χ3v) is 4.77. The first kappa shape index (κ1) is 14.9. The molecule has 0 saturated carbocycles. The summed E-state index contributed by atoms with van der Waals surface area (Å²) in [7, 11) is 0. The number of benzene rings is 1. The Bertz CT molecular complexity index is 852. The third kappa shape index (κ3) is 2.68. The summed E-state index contributed by atoms with van der Waals surface area (Å²) >= 11 is 0. The maximum absolute atomic E-state index is 13.3. The first-order valence-electron chi connectivity index (χ1n) is 8.44. The molecular weight excluding hydrogens is 302 g/mol. The fourth-order valence-electron chi connectivity index (χ4n) is 3.61. The molecule has 0 radical (unpaired) electrons. The molecule has 0 unspecified atom stereocenters. The van der Waals surface area contributed by atoms with Crippen LogP contribution in [0, 0.1) is 6.92 Å². The Morgan fingerprint density at radius 3 is 3.12 bits per heavy atom. The number of aromatic amines is 1. The van der Waals surface area contributed by atoms with E-state index in [9.17, 15) is 4.79 Å². The van der Waals surface area contributed by atoms with E-state index in [1.165, 1.54) is 0 Å². The topological polar surface area (TPSA) is 66.8 Å². The van der Waals surface area contributed by atoms with Crippen molar-refractivity contribution in [3.63, 3.8) is 0 Å². The lowest BCUT2D eigenvalue weighted by molar-refractivity contribution is 0.0585. The molecule has 0 spiro atoms. The van der Waals surface area contributed by atoms with E-state index in [-0.39, 0.29) is 11.9 Å². The maximum Gasteiger partial charge on any atom is 0.256 e. The van der Waals surface area contributed by atoms with Gasteiger partial charge in [-0.3, -0.25) is 14.6 Å². The Balaban J connectivity index is 1.66. The monoisotopic (exact) mass is 323 g/mol. The standard InChI is InChI=1S/C18H21N5O/c1-13-9-14-11-19-21-17(14)16(10-13)18(24)23-8-3-2-5-15(23)12-22-7-4-6-20-22/h4,6-7,9-11,15H,2-3,5,8,12H2,1H3,(H,19,21)/t15-/m0/s1. The van der Waals surface area contributed by atoms with Crippen molar-refractivity contribution in [2.75, 3.05) is 6.54 Å². The van der Waals surface area contributed by atoms with E-state index in [4.69, 9.17) is 0 Å². The van der Waals surface area contributed by atoms with Crippen LogP contribution in [0.25, 0.3) is 10.9 Å². The molecule has 1 aromatic carbocycles. The number of carbonyl (C=O) groups excluding carboxylic acids is 1. The molecule has 3 heterocycles. The Kier molecular flexibility index (Phi) is 3.80. The number of rotatable bonds is 3. The van der Waals surface area contributed by atoms with Crippen molar-refractivity contribution in [3.05, 3.63) is 47.9 Å². The molecule has 2 aromatic heterocycles. The van der Waals surface area contributed by atoms with E-state index in [0.717, 1.165) is 54.4 Å². The van der Waals surface area contributed by atoms with Crippen LogP contribution in [-0.4, -0.2) is 43.4 Å². The number of likely N-dealkylation sites (tertiary alicyclic amines) is 1. The smallest absolute Gasteiger partial charge is 0.256 e. The van der Waals surface area contributed by atoms with Crippen molar-refractivity contribution in [1.82, 2.24) is 24.9 Å². The van der Waals surface area contributed by atoms with Crippen LogP contribution in [0.1, 0.15) is 35.2 Å². The Labute approximate surface area is 140 Å². The molecule has 1 aliphatic heterocycles. The van der Waals surface area contributed by atoms with Gasteiger partial charge in [-0.25, -0.2) is 0 Å². The second kappa shape index (κ2) is 6.11. The minimum absolute atomic E-state index is 0.0878. The molecule has 1 amide bonds. The minimum atomic E-state index is 0.0878. The number of nitrogens with one attached hydrogen (secondary N) is 1. The Morgan fingerprint density at radius 2 is 2.29 bits per heavy atom. The summed E-state index contributed by atoms with van der Waals surface area (Å²) in [5.74, 6) is 0.0878. The van der Waals surface area contributed by atoms with Gasteiger partial charge in [0.15, 0.2) is 0 Å². The first-order valence-corrected chi connectivity index (χ1v) is 8.44. The SMILES string of the molecule is Cc1cc(C(=O)N2CCCC[C@H]2Cn2cccn2)c2[nH]ncc2c1. The second-order valence-electron chi connectivity index (χ2n) is 6.52. The fraction of sp³-hybridized carbons (Fsp3) is 0.389. The fourth-order valence-corrected chi connectivity index (χ4v) is 3.61. The van der Waals surface area contributed by atoms with Gasteiger partial charge in [-0.15, -0.1) is 0 Å². The molecular formula is C18H21N5O. The van der Waals surface area contributed by atoms with E-state index < -0.39 is 0 Å². The zero-order valence-electron chi connectivity index (χ0n) is 13.8. The van der Waals surface area contributed by atoms with Gasteiger partial charge in [0.1, 0.15) is 0 Å². The summed E-state index contributed by atoms with van der Waals surface area (Å²) in [4.78, 5) is 15.3. The Morgan fingerprint density at radius 1 is 1.38 bits per heavy atom. The lowest BCUT2D eigenvalue weighted by Crippen LogP contribution is -2.46. The largest absolute Gasteiger partial charge is 0.334 e. The lowest BCUT2D eigenvalue weighted by atomic mass is 9.99. The zero-order chi connectivity index (χ0) is 16.5. The molecule has 1 fully saturated rings.